The Morgan fingerprint density at radius 1 is 0.741 bits per heavy atom. The van der Waals surface area contributed by atoms with Gasteiger partial charge in [0.2, 0.25) is 5.91 Å². The highest BCUT2D eigenvalue weighted by Crippen LogP contribution is 2.38. The van der Waals surface area contributed by atoms with Gasteiger partial charge in [0.1, 0.15) is 6.04 Å². The molecule has 12 heteroatoms. The zero-order chi connectivity index (χ0) is 41.0. The molecule has 298 valence electrons. The van der Waals surface area contributed by atoms with Gasteiger partial charge in [0.25, 0.3) is 17.7 Å². The molecule has 0 radical (unpaired) electrons. The molecule has 1 aromatic heterocycles. The molecule has 3 heterocycles. The summed E-state index contributed by atoms with van der Waals surface area (Å²) in [5.74, 6) is -3.27. The number of hydrogen-bond acceptors (Lipinski definition) is 8. The number of ketones is 1. The fraction of sp³-hybridized carbons (Fsp3) is 0.304. The lowest BCUT2D eigenvalue weighted by molar-refractivity contribution is -0.177. The Balaban J connectivity index is 1.22. The molecule has 1 N–H and O–H groups in total. The minimum atomic E-state index is -1.54. The second kappa shape index (κ2) is 17.4. The molecule has 5 atom stereocenters. The highest BCUT2D eigenvalue weighted by atomic mass is 35.5. The van der Waals surface area contributed by atoms with Crippen LogP contribution in [0.1, 0.15) is 49.4 Å². The molecule has 4 unspecified atom stereocenters. The monoisotopic (exact) mass is 800 g/mol. The number of amides is 4. The lowest BCUT2D eigenvalue weighted by Crippen LogP contribution is -2.77. The van der Waals surface area contributed by atoms with Crippen molar-refractivity contribution < 1.29 is 33.4 Å². The number of benzene rings is 4. The molecule has 2 fully saturated rings. The zero-order valence-electron chi connectivity index (χ0n) is 32.5. The number of carbonyl (C=O) groups is 5. The van der Waals surface area contributed by atoms with Gasteiger partial charge in [-0.3, -0.25) is 33.9 Å². The summed E-state index contributed by atoms with van der Waals surface area (Å²) in [6, 6.07) is 29.5. The number of Topliss-reactive ketones (excluding diaryl/α,β-unsaturated/α-hetero) is 1. The number of aromatic nitrogens is 1. The van der Waals surface area contributed by atoms with Crippen molar-refractivity contribution in [2.45, 2.75) is 83.7 Å². The van der Waals surface area contributed by atoms with E-state index in [1.54, 1.807) is 57.4 Å². The molecule has 58 heavy (non-hydrogen) atoms. The zero-order valence-corrected chi connectivity index (χ0v) is 33.3. The predicted octanol–water partition coefficient (Wildman–Crippen LogP) is 6.24. The highest BCUT2D eigenvalue weighted by Gasteiger charge is 2.63. The van der Waals surface area contributed by atoms with Crippen LogP contribution in [0, 0.1) is 5.41 Å². The van der Waals surface area contributed by atoms with Crippen molar-refractivity contribution in [3.63, 3.8) is 0 Å². The average Bonchev–Trinajstić information content (AvgIpc) is 3.45. The number of nitrogens with one attached hydrogen (secondary N) is 1. The van der Waals surface area contributed by atoms with Gasteiger partial charge in [-0.15, -0.1) is 0 Å². The van der Waals surface area contributed by atoms with Crippen molar-refractivity contribution in [2.75, 3.05) is 0 Å². The molecule has 11 nitrogen and oxygen atoms in total. The third-order valence-corrected chi connectivity index (χ3v) is 10.9. The molecule has 4 amide bonds. The summed E-state index contributed by atoms with van der Waals surface area (Å²) in [5.41, 5.74) is 2.20. The normalized spacial score (nSPS) is 20.0. The largest absolute Gasteiger partial charge is 0.360 e. The molecule has 2 aliphatic heterocycles. The van der Waals surface area contributed by atoms with E-state index in [1.807, 2.05) is 84.9 Å². The minimum absolute atomic E-state index is 0.0190. The van der Waals surface area contributed by atoms with Gasteiger partial charge >= 0.3 is 0 Å². The molecule has 7 rings (SSSR count). The Kier molecular flexibility index (Phi) is 12.1. The molecule has 5 aromatic rings. The summed E-state index contributed by atoms with van der Waals surface area (Å²) in [7, 11) is 0. The quantitative estimate of drug-likeness (QED) is 0.0748. The van der Waals surface area contributed by atoms with Gasteiger partial charge < -0.3 is 19.7 Å². The summed E-state index contributed by atoms with van der Waals surface area (Å²) in [5, 5.41) is 5.30. The van der Waals surface area contributed by atoms with Gasteiger partial charge in [0, 0.05) is 34.8 Å². The van der Waals surface area contributed by atoms with E-state index < -0.39 is 65.2 Å². The van der Waals surface area contributed by atoms with Crippen molar-refractivity contribution in [1.29, 1.82) is 0 Å². The summed E-state index contributed by atoms with van der Waals surface area (Å²) in [4.78, 5) is 78.4. The van der Waals surface area contributed by atoms with E-state index in [1.165, 1.54) is 4.90 Å². The van der Waals surface area contributed by atoms with Crippen LogP contribution in [0.5, 0.6) is 0 Å². The van der Waals surface area contributed by atoms with Crippen LogP contribution in [0.25, 0.3) is 10.8 Å². The fourth-order valence-electron chi connectivity index (χ4n) is 7.48. The van der Waals surface area contributed by atoms with E-state index in [0.29, 0.717) is 11.4 Å². The number of ether oxygens (including phenoxy) is 2. The van der Waals surface area contributed by atoms with Crippen molar-refractivity contribution in [3.05, 3.63) is 149 Å². The first-order chi connectivity index (χ1) is 27.9. The highest BCUT2D eigenvalue weighted by molar-refractivity contribution is 6.30. The molecule has 2 aliphatic rings. The molecular formula is C46H45ClN4O7. The number of β-lactam (4-membered cyclic amide) rings is 1. The predicted molar refractivity (Wildman–Crippen MR) is 218 cm³/mol. The molecule has 0 aliphatic carbocycles. The Hall–Kier alpha value is -5.75. The third-order valence-electron chi connectivity index (χ3n) is 10.6. The first-order valence-electron chi connectivity index (χ1n) is 19.3. The van der Waals surface area contributed by atoms with Crippen LogP contribution in [-0.4, -0.2) is 74.5 Å². The second-order valence-corrected chi connectivity index (χ2v) is 16.1. The second-order valence-electron chi connectivity index (χ2n) is 15.7. The number of hydrogen-bond donors (Lipinski definition) is 1. The van der Waals surface area contributed by atoms with Crippen molar-refractivity contribution in [3.8, 4) is 0 Å². The Labute approximate surface area is 342 Å². The summed E-state index contributed by atoms with van der Waals surface area (Å²) in [6.45, 7) is 5.18. The number of rotatable bonds is 15. The Morgan fingerprint density at radius 2 is 1.33 bits per heavy atom. The van der Waals surface area contributed by atoms with Crippen LogP contribution < -0.4 is 5.32 Å². The van der Waals surface area contributed by atoms with Gasteiger partial charge in [-0.2, -0.15) is 0 Å². The van der Waals surface area contributed by atoms with Crippen molar-refractivity contribution in [2.24, 2.45) is 5.41 Å². The van der Waals surface area contributed by atoms with E-state index in [-0.39, 0.29) is 26.2 Å². The van der Waals surface area contributed by atoms with Gasteiger partial charge in [-0.25, -0.2) is 0 Å². The topological polar surface area (TPSA) is 135 Å². The standard InChI is InChI=1S/C46H45ClN4O7/c1-46(2,3)41(52)38(42(53)49-25-30-15-19-35(47)20-16-30)50-36(21-17-29-14-18-34-26-48-23-22-33(34)24-29)37(43(50)54)51-44(55)39(57-27-31-10-6-4-7-11-31)40(45(51)56)58-28-32-12-8-5-9-13-32/h4-16,18-20,22-24,26,36-40H,17,21,25,27-28H2,1-3H3,(H,49,53)/t36?,37-,38?,39?,40?/m0/s1. The van der Waals surface area contributed by atoms with Gasteiger partial charge in [0.05, 0.1) is 19.3 Å². The number of aryl methyl sites for hydroxylation is 1. The van der Waals surface area contributed by atoms with Crippen LogP contribution >= 0.6 is 11.6 Å². The number of likely N-dealkylation sites (tertiary alicyclic amines) is 2. The summed E-state index contributed by atoms with van der Waals surface area (Å²) in [6.07, 6.45) is 1.42. The summed E-state index contributed by atoms with van der Waals surface area (Å²) < 4.78 is 12.3. The van der Waals surface area contributed by atoms with Crippen LogP contribution in [0.3, 0.4) is 0 Å². The Bertz CT molecular complexity index is 2240. The lowest BCUT2D eigenvalue weighted by Gasteiger charge is -2.52. The SMILES string of the molecule is CC(C)(C)C(=O)C(C(=O)NCc1ccc(Cl)cc1)N1C(=O)[C@@H](N2C(=O)C(OCc3ccccc3)C(OCc3ccccc3)C2=O)C1CCc1ccc2cnccc2c1. The fourth-order valence-corrected chi connectivity index (χ4v) is 7.60. The third kappa shape index (κ3) is 8.72. The maximum Gasteiger partial charge on any atom is 0.262 e. The molecule has 0 spiro atoms. The molecular weight excluding hydrogens is 756 g/mol. The van der Waals surface area contributed by atoms with E-state index >= 15 is 0 Å². The Morgan fingerprint density at radius 3 is 1.91 bits per heavy atom. The van der Waals surface area contributed by atoms with E-state index in [0.717, 1.165) is 37.9 Å². The van der Waals surface area contributed by atoms with Gasteiger partial charge in [-0.05, 0) is 58.7 Å². The molecule has 2 saturated heterocycles. The van der Waals surface area contributed by atoms with Crippen LogP contribution in [0.2, 0.25) is 5.02 Å². The number of fused-ring (bicyclic) bond motifs is 1. The number of pyridine rings is 1. The minimum Gasteiger partial charge on any atom is -0.360 e. The van der Waals surface area contributed by atoms with E-state index in [2.05, 4.69) is 10.3 Å². The molecule has 4 aromatic carbocycles. The number of carbonyl (C=O) groups excluding carboxylic acids is 5. The maximum atomic E-state index is 14.6. The molecule has 0 saturated carbocycles. The van der Waals surface area contributed by atoms with Crippen LogP contribution in [0.15, 0.2) is 122 Å². The smallest absolute Gasteiger partial charge is 0.262 e. The summed E-state index contributed by atoms with van der Waals surface area (Å²) >= 11 is 6.07. The van der Waals surface area contributed by atoms with Crippen molar-refractivity contribution >= 4 is 51.8 Å². The maximum absolute atomic E-state index is 14.6. The first-order valence-corrected chi connectivity index (χ1v) is 19.7. The molecule has 0 bridgehead atoms. The number of halogens is 1. The van der Waals surface area contributed by atoms with Crippen LogP contribution in [-0.2, 0) is 59.6 Å². The van der Waals surface area contributed by atoms with Crippen LogP contribution in [0.4, 0.5) is 0 Å². The average molecular weight is 801 g/mol. The first kappa shape index (κ1) is 40.4. The van der Waals surface area contributed by atoms with Gasteiger partial charge in [-0.1, -0.05) is 123 Å². The number of imide groups is 1. The van der Waals surface area contributed by atoms with Gasteiger partial charge in [0.15, 0.2) is 24.0 Å². The lowest BCUT2D eigenvalue weighted by atomic mass is 9.80. The number of nitrogens with zero attached hydrogens (tertiary/aromatic N) is 3. The van der Waals surface area contributed by atoms with E-state index in [4.69, 9.17) is 21.1 Å². The van der Waals surface area contributed by atoms with E-state index in [9.17, 15) is 24.0 Å². The van der Waals surface area contributed by atoms with Crippen molar-refractivity contribution in [1.82, 2.24) is 20.1 Å².